The van der Waals surface area contributed by atoms with Crippen molar-refractivity contribution in [3.8, 4) is 5.75 Å². The second-order valence-electron chi connectivity index (χ2n) is 8.26. The van der Waals surface area contributed by atoms with Crippen molar-refractivity contribution >= 4 is 11.6 Å². The topological polar surface area (TPSA) is 68.0 Å². The van der Waals surface area contributed by atoms with E-state index in [1.165, 1.54) is 0 Å². The molecule has 3 heterocycles. The maximum Gasteiger partial charge on any atom is 0.265 e. The third-order valence-corrected chi connectivity index (χ3v) is 5.08. The average molecular weight is 385 g/mol. The number of aromatic nitrogens is 1. The van der Waals surface area contributed by atoms with Gasteiger partial charge in [-0.2, -0.15) is 0 Å². The Hall–Kier alpha value is -2.54. The van der Waals surface area contributed by atoms with E-state index in [4.69, 9.17) is 13.9 Å². The Bertz CT molecular complexity index is 836. The molecule has 1 amide bonds. The van der Waals surface area contributed by atoms with Gasteiger partial charge in [0.05, 0.1) is 38.2 Å². The van der Waals surface area contributed by atoms with Crippen LogP contribution in [0.3, 0.4) is 0 Å². The van der Waals surface area contributed by atoms with Gasteiger partial charge in [-0.25, -0.2) is 4.98 Å². The molecule has 1 saturated heterocycles. The monoisotopic (exact) mass is 385 g/mol. The van der Waals surface area contributed by atoms with Crippen molar-refractivity contribution in [2.24, 2.45) is 0 Å². The third-order valence-electron chi connectivity index (χ3n) is 5.08. The molecule has 0 N–H and O–H groups in total. The van der Waals surface area contributed by atoms with E-state index in [0.29, 0.717) is 51.0 Å². The highest BCUT2D eigenvalue weighted by Gasteiger charge is 2.34. The Labute approximate surface area is 165 Å². The molecule has 4 rings (SSSR count). The van der Waals surface area contributed by atoms with E-state index >= 15 is 0 Å². The highest BCUT2D eigenvalue weighted by atomic mass is 16.5. The van der Waals surface area contributed by atoms with Gasteiger partial charge < -0.3 is 23.7 Å². The second kappa shape index (κ2) is 7.47. The van der Waals surface area contributed by atoms with Crippen molar-refractivity contribution in [1.82, 2.24) is 9.88 Å². The molecule has 1 atom stereocenters. The molecule has 0 aliphatic carbocycles. The normalized spacial score (nSPS) is 19.9. The number of amides is 1. The quantitative estimate of drug-likeness (QED) is 0.809. The highest BCUT2D eigenvalue weighted by Crippen LogP contribution is 2.35. The summed E-state index contributed by atoms with van der Waals surface area (Å²) < 4.78 is 17.4. The van der Waals surface area contributed by atoms with Crippen LogP contribution in [0.4, 0.5) is 5.69 Å². The zero-order chi connectivity index (χ0) is 19.7. The van der Waals surface area contributed by atoms with Crippen molar-refractivity contribution in [1.29, 1.82) is 0 Å². The molecule has 0 unspecified atom stereocenters. The van der Waals surface area contributed by atoms with E-state index in [-0.39, 0.29) is 11.3 Å². The number of hydrogen-bond donors (Lipinski definition) is 0. The Morgan fingerprint density at radius 2 is 1.96 bits per heavy atom. The van der Waals surface area contributed by atoms with Crippen LogP contribution in [-0.4, -0.2) is 54.7 Å². The number of carbonyl (C=O) groups is 1. The molecule has 1 aromatic heterocycles. The number of rotatable bonds is 3. The van der Waals surface area contributed by atoms with Gasteiger partial charge in [-0.05, 0) is 12.1 Å². The zero-order valence-electron chi connectivity index (χ0n) is 16.7. The van der Waals surface area contributed by atoms with E-state index in [1.54, 1.807) is 6.20 Å². The highest BCUT2D eigenvalue weighted by molar-refractivity contribution is 5.83. The molecule has 2 aliphatic rings. The Morgan fingerprint density at radius 3 is 2.68 bits per heavy atom. The molecule has 7 heteroatoms. The SMILES string of the molecule is CC(C)(C)c1cnc(CN2C[C@@H](C(=O)N3CCOCC3)Oc3ccccc32)o1. The second-order valence-corrected chi connectivity index (χ2v) is 8.26. The summed E-state index contributed by atoms with van der Waals surface area (Å²) in [6.45, 7) is 9.60. The van der Waals surface area contributed by atoms with Crippen LogP contribution in [0.25, 0.3) is 0 Å². The summed E-state index contributed by atoms with van der Waals surface area (Å²) in [4.78, 5) is 21.4. The van der Waals surface area contributed by atoms with Crippen LogP contribution < -0.4 is 9.64 Å². The first-order valence-corrected chi connectivity index (χ1v) is 9.74. The van der Waals surface area contributed by atoms with Crippen LogP contribution in [0.1, 0.15) is 32.4 Å². The molecule has 1 fully saturated rings. The van der Waals surface area contributed by atoms with E-state index in [0.717, 1.165) is 11.4 Å². The molecule has 1 aromatic carbocycles. The summed E-state index contributed by atoms with van der Waals surface area (Å²) in [6, 6.07) is 7.78. The number of hydrogen-bond acceptors (Lipinski definition) is 6. The minimum atomic E-state index is -0.551. The molecule has 2 aromatic rings. The van der Waals surface area contributed by atoms with Gasteiger partial charge in [-0.1, -0.05) is 32.9 Å². The smallest absolute Gasteiger partial charge is 0.265 e. The zero-order valence-corrected chi connectivity index (χ0v) is 16.7. The largest absolute Gasteiger partial charge is 0.477 e. The van der Waals surface area contributed by atoms with Crippen molar-refractivity contribution in [2.45, 2.75) is 38.8 Å². The van der Waals surface area contributed by atoms with Gasteiger partial charge in [0.1, 0.15) is 11.5 Å². The van der Waals surface area contributed by atoms with Crippen molar-refractivity contribution in [3.05, 3.63) is 42.1 Å². The van der Waals surface area contributed by atoms with Crippen LogP contribution in [0.15, 0.2) is 34.9 Å². The van der Waals surface area contributed by atoms with Gasteiger partial charge in [-0.3, -0.25) is 4.79 Å². The minimum absolute atomic E-state index is 0.00517. The molecule has 0 spiro atoms. The standard InChI is InChI=1S/C21H27N3O4/c1-21(2,3)18-12-22-19(28-18)14-24-13-17(20(25)23-8-10-26-11-9-23)27-16-7-5-4-6-15(16)24/h4-7,12,17H,8-11,13-14H2,1-3H3/t17-/m0/s1. The van der Waals surface area contributed by atoms with Crippen LogP contribution in [0.5, 0.6) is 5.75 Å². The van der Waals surface area contributed by atoms with E-state index in [2.05, 4.69) is 30.7 Å². The molecule has 0 bridgehead atoms. The Kier molecular flexibility index (Phi) is 5.02. The van der Waals surface area contributed by atoms with E-state index < -0.39 is 6.10 Å². The molecule has 0 saturated carbocycles. The van der Waals surface area contributed by atoms with Gasteiger partial charge >= 0.3 is 0 Å². The van der Waals surface area contributed by atoms with E-state index in [9.17, 15) is 4.79 Å². The molecule has 150 valence electrons. The predicted molar refractivity (Wildman–Crippen MR) is 105 cm³/mol. The first-order valence-electron chi connectivity index (χ1n) is 9.74. The molecular weight excluding hydrogens is 358 g/mol. The van der Waals surface area contributed by atoms with Crippen LogP contribution in [-0.2, 0) is 21.5 Å². The number of para-hydroxylation sites is 2. The van der Waals surface area contributed by atoms with Crippen LogP contribution in [0.2, 0.25) is 0 Å². The van der Waals surface area contributed by atoms with Gasteiger partial charge in [-0.15, -0.1) is 0 Å². The number of fused-ring (bicyclic) bond motifs is 1. The number of morpholine rings is 1. The van der Waals surface area contributed by atoms with Crippen LogP contribution in [0, 0.1) is 0 Å². The predicted octanol–water partition coefficient (Wildman–Crippen LogP) is 2.60. The molecular formula is C21H27N3O4. The summed E-state index contributed by atoms with van der Waals surface area (Å²) in [5.41, 5.74) is 0.854. The first-order chi connectivity index (χ1) is 13.4. The number of oxazole rings is 1. The summed E-state index contributed by atoms with van der Waals surface area (Å²) in [6.07, 6.45) is 1.24. The fourth-order valence-corrected chi connectivity index (χ4v) is 3.47. The number of nitrogens with zero attached hydrogens (tertiary/aromatic N) is 3. The molecule has 2 aliphatic heterocycles. The summed E-state index contributed by atoms with van der Waals surface area (Å²) in [7, 11) is 0. The molecule has 28 heavy (non-hydrogen) atoms. The lowest BCUT2D eigenvalue weighted by molar-refractivity contribution is -0.142. The molecule has 0 radical (unpaired) electrons. The average Bonchev–Trinajstić information content (AvgIpc) is 3.17. The van der Waals surface area contributed by atoms with E-state index in [1.807, 2.05) is 29.2 Å². The van der Waals surface area contributed by atoms with Crippen molar-refractivity contribution in [2.75, 3.05) is 37.7 Å². The summed E-state index contributed by atoms with van der Waals surface area (Å²) >= 11 is 0. The number of carbonyl (C=O) groups excluding carboxylic acids is 1. The van der Waals surface area contributed by atoms with Crippen molar-refractivity contribution < 1.29 is 18.7 Å². The summed E-state index contributed by atoms with van der Waals surface area (Å²) in [5, 5.41) is 0. The minimum Gasteiger partial charge on any atom is -0.477 e. The number of ether oxygens (including phenoxy) is 2. The van der Waals surface area contributed by atoms with Crippen molar-refractivity contribution in [3.63, 3.8) is 0 Å². The van der Waals surface area contributed by atoms with Crippen LogP contribution >= 0.6 is 0 Å². The van der Waals surface area contributed by atoms with Gasteiger partial charge in [0.25, 0.3) is 5.91 Å². The molecule has 7 nitrogen and oxygen atoms in total. The maximum absolute atomic E-state index is 13.0. The fraction of sp³-hybridized carbons (Fsp3) is 0.524. The van der Waals surface area contributed by atoms with Gasteiger partial charge in [0, 0.05) is 18.5 Å². The fourth-order valence-electron chi connectivity index (χ4n) is 3.47. The van der Waals surface area contributed by atoms with Gasteiger partial charge in [0.15, 0.2) is 6.10 Å². The lowest BCUT2D eigenvalue weighted by Crippen LogP contribution is -2.52. The summed E-state index contributed by atoms with van der Waals surface area (Å²) in [5.74, 6) is 2.21. The Balaban J connectivity index is 1.55. The third kappa shape index (κ3) is 3.85. The number of benzene rings is 1. The lowest BCUT2D eigenvalue weighted by atomic mass is 9.94. The first kappa shape index (κ1) is 18.8. The van der Waals surface area contributed by atoms with Gasteiger partial charge in [0.2, 0.25) is 5.89 Å². The maximum atomic E-state index is 13.0. The lowest BCUT2D eigenvalue weighted by Gasteiger charge is -2.37. The Morgan fingerprint density at radius 1 is 1.21 bits per heavy atom. The number of anilines is 1.